The number of carbonyl (C=O) groups excluding carboxylic acids is 2. The van der Waals surface area contributed by atoms with Crippen LogP contribution in [0.1, 0.15) is 27.2 Å². The molecule has 2 fully saturated rings. The predicted molar refractivity (Wildman–Crippen MR) is 124 cm³/mol. The van der Waals surface area contributed by atoms with Gasteiger partial charge in [0.2, 0.25) is 5.91 Å². The molecule has 3 rings (SSSR count). The fourth-order valence-electron chi connectivity index (χ4n) is 3.93. The minimum Gasteiger partial charge on any atom is -0.390 e. The zero-order valence-electron chi connectivity index (χ0n) is 20.6. The molecule has 0 spiro atoms. The van der Waals surface area contributed by atoms with Gasteiger partial charge in [-0.15, -0.1) is 0 Å². The Balaban J connectivity index is 1.57. The van der Waals surface area contributed by atoms with Crippen molar-refractivity contribution in [1.82, 2.24) is 15.5 Å². The van der Waals surface area contributed by atoms with Crippen LogP contribution in [0.2, 0.25) is 0 Å². The Morgan fingerprint density at radius 1 is 1.24 bits per heavy atom. The second kappa shape index (κ2) is 11.8. The zero-order chi connectivity index (χ0) is 28.6. The molecule has 3 heterocycles. The van der Waals surface area contributed by atoms with Crippen molar-refractivity contribution in [2.24, 2.45) is 0 Å². The molecule has 38 heavy (non-hydrogen) atoms. The van der Waals surface area contributed by atoms with Crippen molar-refractivity contribution < 1.29 is 66.7 Å². The molecule has 7 N–H and O–H groups in total. The molecular formula is C19H31N3O14P2. The molecule has 2 saturated heterocycles. The van der Waals surface area contributed by atoms with Crippen molar-refractivity contribution in [3.05, 3.63) is 24.2 Å². The SMILES string of the molecule is C=C1NC(=O)C(C)=CN1[C@H]1CC(O)[C@@H](COP(=O)(O)OP(=O)(O)O[C@@H]2OC(C)[C@H](O)[C@H](NC(C)=O)C2O)O1. The number of amides is 2. The van der Waals surface area contributed by atoms with Crippen LogP contribution in [0.3, 0.4) is 0 Å². The van der Waals surface area contributed by atoms with Crippen molar-refractivity contribution in [1.29, 1.82) is 0 Å². The molecule has 0 aromatic carbocycles. The molecule has 0 bridgehead atoms. The summed E-state index contributed by atoms with van der Waals surface area (Å²) in [5.74, 6) is -0.804. The van der Waals surface area contributed by atoms with E-state index < -0.39 is 77.2 Å². The number of phosphoric ester groups is 2. The van der Waals surface area contributed by atoms with Gasteiger partial charge in [-0.25, -0.2) is 9.13 Å². The Bertz CT molecular complexity index is 1070. The lowest BCUT2D eigenvalue weighted by atomic mass is 9.97. The van der Waals surface area contributed by atoms with Gasteiger partial charge in [0, 0.05) is 25.1 Å². The molecule has 5 unspecified atom stereocenters. The first kappa shape index (κ1) is 30.8. The highest BCUT2D eigenvalue weighted by Gasteiger charge is 2.48. The molecule has 17 nitrogen and oxygen atoms in total. The molecule has 0 saturated carbocycles. The number of rotatable bonds is 9. The van der Waals surface area contributed by atoms with Crippen LogP contribution in [0.25, 0.3) is 0 Å². The Kier molecular flexibility index (Phi) is 9.57. The minimum absolute atomic E-state index is 0.00129. The topological polar surface area (TPSA) is 243 Å². The van der Waals surface area contributed by atoms with E-state index in [9.17, 15) is 43.8 Å². The maximum absolute atomic E-state index is 12.4. The molecule has 0 aromatic rings. The molecule has 0 aromatic heterocycles. The van der Waals surface area contributed by atoms with E-state index in [1.54, 1.807) is 6.92 Å². The lowest BCUT2D eigenvalue weighted by Gasteiger charge is -2.41. The van der Waals surface area contributed by atoms with E-state index in [2.05, 4.69) is 26.0 Å². The second-order valence-electron chi connectivity index (χ2n) is 8.89. The monoisotopic (exact) mass is 587 g/mol. The standard InChI is InChI=1S/C19H31N3O14P2/c1-8-6-22(10(3)20-18(8)27)14-5-12(24)13(34-14)7-32-37(28,29)36-38(30,31)35-19-17(26)15(21-11(4)23)16(25)9(2)33-19/h6,9,12-17,19,24-26H,3,5,7H2,1-2,4H3,(H,20,27)(H,21,23)(H,28,29)(H,30,31)/t9?,12?,13-,14-,15+,16+,17?,19+/m1/s1. The number of hydrogen-bond acceptors (Lipinski definition) is 13. The molecule has 216 valence electrons. The van der Waals surface area contributed by atoms with Crippen LogP contribution in [-0.4, -0.2) is 97.5 Å². The first-order chi connectivity index (χ1) is 17.5. The van der Waals surface area contributed by atoms with Gasteiger partial charge in [-0.2, -0.15) is 4.31 Å². The zero-order valence-corrected chi connectivity index (χ0v) is 22.4. The number of aliphatic hydroxyl groups is 3. The number of nitrogens with one attached hydrogen (secondary N) is 2. The third-order valence-corrected chi connectivity index (χ3v) is 8.44. The number of hydrogen-bond donors (Lipinski definition) is 7. The largest absolute Gasteiger partial charge is 0.483 e. The third-order valence-electron chi connectivity index (χ3n) is 5.83. The Hall–Kier alpha value is -1.72. The third kappa shape index (κ3) is 7.47. The van der Waals surface area contributed by atoms with Gasteiger partial charge < -0.3 is 50.1 Å². The molecule has 0 radical (unpaired) electrons. The van der Waals surface area contributed by atoms with Gasteiger partial charge in [-0.3, -0.25) is 18.6 Å². The molecule has 0 aliphatic carbocycles. The highest BCUT2D eigenvalue weighted by Crippen LogP contribution is 2.61. The van der Waals surface area contributed by atoms with Crippen LogP contribution >= 0.6 is 15.6 Å². The van der Waals surface area contributed by atoms with Crippen LogP contribution in [-0.2, 0) is 41.6 Å². The summed E-state index contributed by atoms with van der Waals surface area (Å²) >= 11 is 0. The quantitative estimate of drug-likeness (QED) is 0.152. The van der Waals surface area contributed by atoms with Gasteiger partial charge in [0.25, 0.3) is 5.91 Å². The van der Waals surface area contributed by atoms with E-state index >= 15 is 0 Å². The van der Waals surface area contributed by atoms with Crippen molar-refractivity contribution in [2.45, 2.75) is 76.3 Å². The van der Waals surface area contributed by atoms with Gasteiger partial charge in [-0.1, -0.05) is 6.58 Å². The van der Waals surface area contributed by atoms with E-state index in [1.165, 1.54) is 18.0 Å². The number of ether oxygens (including phenoxy) is 2. The van der Waals surface area contributed by atoms with Crippen LogP contribution in [0.15, 0.2) is 24.2 Å². The van der Waals surface area contributed by atoms with E-state index in [4.69, 9.17) is 14.0 Å². The van der Waals surface area contributed by atoms with E-state index in [0.29, 0.717) is 5.57 Å². The van der Waals surface area contributed by atoms with Crippen LogP contribution in [0, 0.1) is 0 Å². The van der Waals surface area contributed by atoms with Crippen molar-refractivity contribution in [3.63, 3.8) is 0 Å². The van der Waals surface area contributed by atoms with E-state index in [-0.39, 0.29) is 18.1 Å². The van der Waals surface area contributed by atoms with Crippen LogP contribution in [0.5, 0.6) is 0 Å². The average Bonchev–Trinajstić information content (AvgIpc) is 3.15. The number of phosphoric acid groups is 2. The van der Waals surface area contributed by atoms with Gasteiger partial charge in [0.15, 0.2) is 6.29 Å². The predicted octanol–water partition coefficient (Wildman–Crippen LogP) is -1.51. The lowest BCUT2D eigenvalue weighted by Crippen LogP contribution is -2.63. The highest BCUT2D eigenvalue weighted by molar-refractivity contribution is 7.61. The fraction of sp³-hybridized carbons (Fsp3) is 0.684. The van der Waals surface area contributed by atoms with Crippen molar-refractivity contribution >= 4 is 27.5 Å². The summed E-state index contributed by atoms with van der Waals surface area (Å²) in [4.78, 5) is 44.5. The Morgan fingerprint density at radius 2 is 1.89 bits per heavy atom. The lowest BCUT2D eigenvalue weighted by molar-refractivity contribution is -0.244. The summed E-state index contributed by atoms with van der Waals surface area (Å²) in [6.07, 6.45) is -8.02. The molecule has 3 aliphatic rings. The van der Waals surface area contributed by atoms with E-state index in [1.807, 2.05) is 0 Å². The van der Waals surface area contributed by atoms with Gasteiger partial charge in [-0.05, 0) is 13.8 Å². The maximum Gasteiger partial charge on any atom is 0.483 e. The summed E-state index contributed by atoms with van der Waals surface area (Å²) in [6, 6.07) is -1.35. The fourth-order valence-corrected chi connectivity index (χ4v) is 6.09. The number of aliphatic hydroxyl groups excluding tert-OH is 3. The van der Waals surface area contributed by atoms with E-state index in [0.717, 1.165) is 6.92 Å². The van der Waals surface area contributed by atoms with Gasteiger partial charge in [0.1, 0.15) is 30.4 Å². The molecule has 19 heteroatoms. The van der Waals surface area contributed by atoms with Gasteiger partial charge >= 0.3 is 15.6 Å². The average molecular weight is 587 g/mol. The van der Waals surface area contributed by atoms with Crippen LogP contribution < -0.4 is 10.6 Å². The Labute approximate surface area is 217 Å². The molecule has 2 amide bonds. The van der Waals surface area contributed by atoms with Gasteiger partial charge in [0.05, 0.1) is 24.9 Å². The summed E-state index contributed by atoms with van der Waals surface area (Å²) < 4.78 is 49.1. The first-order valence-corrected chi connectivity index (χ1v) is 14.3. The Morgan fingerprint density at radius 3 is 2.53 bits per heavy atom. The summed E-state index contributed by atoms with van der Waals surface area (Å²) in [6.45, 7) is 6.94. The highest BCUT2D eigenvalue weighted by atomic mass is 31.3. The van der Waals surface area contributed by atoms with Crippen molar-refractivity contribution in [3.8, 4) is 0 Å². The summed E-state index contributed by atoms with van der Waals surface area (Å²) in [5, 5.41) is 35.5. The molecule has 3 aliphatic heterocycles. The number of nitrogens with zero attached hydrogens (tertiary/aromatic N) is 1. The molecular weight excluding hydrogens is 556 g/mol. The minimum atomic E-state index is -5.45. The normalized spacial score (nSPS) is 37.2. The number of carbonyl (C=O) groups is 2. The summed E-state index contributed by atoms with van der Waals surface area (Å²) in [5.41, 5.74) is 0.349. The molecule has 10 atom stereocenters. The maximum atomic E-state index is 12.4. The first-order valence-electron chi connectivity index (χ1n) is 11.3. The second-order valence-corrected chi connectivity index (χ2v) is 11.9. The summed E-state index contributed by atoms with van der Waals surface area (Å²) in [7, 11) is -10.8. The van der Waals surface area contributed by atoms with Crippen LogP contribution in [0.4, 0.5) is 0 Å². The van der Waals surface area contributed by atoms with Crippen molar-refractivity contribution in [2.75, 3.05) is 6.61 Å². The smallest absolute Gasteiger partial charge is 0.390 e.